The van der Waals surface area contributed by atoms with E-state index >= 15 is 0 Å². The molecule has 2 aliphatic rings. The first-order valence-electron chi connectivity index (χ1n) is 7.89. The molecule has 2 amide bonds. The van der Waals surface area contributed by atoms with Gasteiger partial charge in [0.15, 0.2) is 9.84 Å². The van der Waals surface area contributed by atoms with E-state index in [4.69, 9.17) is 4.74 Å². The molecule has 0 aromatic heterocycles. The Morgan fingerprint density at radius 1 is 1.19 bits per heavy atom. The minimum absolute atomic E-state index is 0.0289. The summed E-state index contributed by atoms with van der Waals surface area (Å²) in [5.41, 5.74) is 0.137. The smallest absolute Gasteiger partial charge is 0.244 e. The average molecular weight is 402 g/mol. The van der Waals surface area contributed by atoms with E-state index in [9.17, 15) is 26.4 Å². The predicted molar refractivity (Wildman–Crippen MR) is 92.1 cm³/mol. The number of nitrogens with zero attached hydrogens (tertiary/aromatic N) is 1. The minimum Gasteiger partial charge on any atom is -0.495 e. The molecule has 3 rings (SSSR count). The van der Waals surface area contributed by atoms with Gasteiger partial charge in [0.25, 0.3) is 0 Å². The molecular weight excluding hydrogens is 384 g/mol. The highest BCUT2D eigenvalue weighted by Crippen LogP contribution is 2.31. The van der Waals surface area contributed by atoms with Crippen LogP contribution in [0.1, 0.15) is 19.3 Å². The van der Waals surface area contributed by atoms with Gasteiger partial charge in [-0.05, 0) is 24.6 Å². The number of imide groups is 1. The fraction of sp³-hybridized carbons (Fsp3) is 0.467. The van der Waals surface area contributed by atoms with Gasteiger partial charge in [0.1, 0.15) is 10.6 Å². The molecule has 1 aromatic rings. The van der Waals surface area contributed by atoms with Crippen LogP contribution in [0.2, 0.25) is 0 Å². The second-order valence-electron chi connectivity index (χ2n) is 6.18. The maximum absolute atomic E-state index is 12.7. The summed E-state index contributed by atoms with van der Waals surface area (Å²) in [5.74, 6) is -1.12. The van der Waals surface area contributed by atoms with E-state index in [1.54, 1.807) is 0 Å². The van der Waals surface area contributed by atoms with Crippen molar-refractivity contribution in [3.05, 3.63) is 18.2 Å². The lowest BCUT2D eigenvalue weighted by Crippen LogP contribution is -2.36. The fourth-order valence-electron chi connectivity index (χ4n) is 3.05. The van der Waals surface area contributed by atoms with Crippen molar-refractivity contribution >= 4 is 37.4 Å². The number of sulfonamides is 1. The molecule has 11 heteroatoms. The van der Waals surface area contributed by atoms with Crippen LogP contribution >= 0.6 is 0 Å². The number of benzene rings is 1. The molecule has 0 unspecified atom stereocenters. The summed E-state index contributed by atoms with van der Waals surface area (Å²) in [4.78, 5) is 24.5. The van der Waals surface area contributed by atoms with Crippen molar-refractivity contribution in [2.24, 2.45) is 0 Å². The van der Waals surface area contributed by atoms with Gasteiger partial charge in [-0.1, -0.05) is 0 Å². The lowest BCUT2D eigenvalue weighted by molar-refractivity contribution is -0.121. The van der Waals surface area contributed by atoms with Crippen molar-refractivity contribution in [2.45, 2.75) is 30.2 Å². The Bertz CT molecular complexity index is 954. The lowest BCUT2D eigenvalue weighted by Gasteiger charge is -2.18. The number of hydrogen-bond donors (Lipinski definition) is 1. The van der Waals surface area contributed by atoms with Crippen LogP contribution in [-0.4, -0.2) is 53.3 Å². The van der Waals surface area contributed by atoms with Gasteiger partial charge in [-0.15, -0.1) is 0 Å². The number of carbonyl (C=O) groups is 2. The van der Waals surface area contributed by atoms with Gasteiger partial charge in [-0.2, -0.15) is 0 Å². The van der Waals surface area contributed by atoms with Crippen LogP contribution in [0.4, 0.5) is 5.69 Å². The van der Waals surface area contributed by atoms with Gasteiger partial charge in [0, 0.05) is 18.9 Å². The van der Waals surface area contributed by atoms with Gasteiger partial charge < -0.3 is 4.74 Å². The average Bonchev–Trinajstić information content (AvgIpc) is 3.07. The van der Waals surface area contributed by atoms with Crippen LogP contribution in [-0.2, 0) is 29.4 Å². The number of rotatable bonds is 5. The quantitative estimate of drug-likeness (QED) is 0.677. The highest BCUT2D eigenvalue weighted by atomic mass is 32.2. The molecule has 1 atom stereocenters. The molecule has 2 aliphatic heterocycles. The van der Waals surface area contributed by atoms with E-state index in [0.717, 1.165) is 4.90 Å². The topological polar surface area (TPSA) is 127 Å². The lowest BCUT2D eigenvalue weighted by atomic mass is 10.2. The molecule has 0 radical (unpaired) electrons. The van der Waals surface area contributed by atoms with Gasteiger partial charge in [0.05, 0.1) is 24.3 Å². The Labute approximate surface area is 151 Å². The molecule has 9 nitrogen and oxygen atoms in total. The van der Waals surface area contributed by atoms with E-state index in [-0.39, 0.29) is 47.1 Å². The largest absolute Gasteiger partial charge is 0.495 e. The molecule has 0 saturated carbocycles. The zero-order chi connectivity index (χ0) is 19.1. The van der Waals surface area contributed by atoms with Crippen LogP contribution in [0, 0.1) is 0 Å². The summed E-state index contributed by atoms with van der Waals surface area (Å²) < 4.78 is 56.0. The molecule has 0 spiro atoms. The summed E-state index contributed by atoms with van der Waals surface area (Å²) in [6.45, 7) is 0. The highest BCUT2D eigenvalue weighted by molar-refractivity contribution is 7.92. The van der Waals surface area contributed by atoms with E-state index in [2.05, 4.69) is 4.72 Å². The van der Waals surface area contributed by atoms with Crippen molar-refractivity contribution in [2.75, 3.05) is 23.5 Å². The number of carbonyl (C=O) groups excluding carboxylic acids is 2. The third kappa shape index (κ3) is 3.60. The Morgan fingerprint density at radius 3 is 2.38 bits per heavy atom. The van der Waals surface area contributed by atoms with E-state index in [0.29, 0.717) is 0 Å². The maximum Gasteiger partial charge on any atom is 0.244 e. The van der Waals surface area contributed by atoms with Crippen molar-refractivity contribution in [3.8, 4) is 5.75 Å². The zero-order valence-electron chi connectivity index (χ0n) is 14.0. The van der Waals surface area contributed by atoms with Crippen molar-refractivity contribution in [3.63, 3.8) is 0 Å². The zero-order valence-corrected chi connectivity index (χ0v) is 15.6. The van der Waals surface area contributed by atoms with Gasteiger partial charge in [-0.3, -0.25) is 14.5 Å². The Balaban J connectivity index is 1.96. The molecule has 2 fully saturated rings. The molecule has 26 heavy (non-hydrogen) atoms. The van der Waals surface area contributed by atoms with E-state index in [1.165, 1.54) is 25.3 Å². The highest BCUT2D eigenvalue weighted by Gasteiger charge is 2.34. The van der Waals surface area contributed by atoms with Gasteiger partial charge in [0.2, 0.25) is 21.8 Å². The summed E-state index contributed by atoms with van der Waals surface area (Å²) >= 11 is 0. The van der Waals surface area contributed by atoms with Crippen molar-refractivity contribution in [1.29, 1.82) is 0 Å². The monoisotopic (exact) mass is 402 g/mol. The summed E-state index contributed by atoms with van der Waals surface area (Å²) in [5, 5.41) is 0. The Kier molecular flexibility index (Phi) is 4.80. The first kappa shape index (κ1) is 18.8. The number of ether oxygens (including phenoxy) is 1. The predicted octanol–water partition coefficient (Wildman–Crippen LogP) is -0.186. The third-order valence-corrected chi connectivity index (χ3v) is 7.61. The number of amides is 2. The van der Waals surface area contributed by atoms with Crippen LogP contribution in [0.5, 0.6) is 5.75 Å². The van der Waals surface area contributed by atoms with Crippen LogP contribution in [0.3, 0.4) is 0 Å². The molecule has 2 heterocycles. The van der Waals surface area contributed by atoms with Gasteiger partial charge in [-0.25, -0.2) is 21.6 Å². The first-order valence-corrected chi connectivity index (χ1v) is 11.2. The summed E-state index contributed by atoms with van der Waals surface area (Å²) in [6.07, 6.45) is 0.336. The van der Waals surface area contributed by atoms with E-state index in [1.807, 2.05) is 0 Å². The molecule has 1 N–H and O–H groups in total. The summed E-state index contributed by atoms with van der Waals surface area (Å²) in [6, 6.07) is 3.24. The number of methoxy groups -OCH3 is 1. The molecular formula is C15H18N2O7S2. The molecule has 142 valence electrons. The van der Waals surface area contributed by atoms with Crippen LogP contribution < -0.4 is 14.4 Å². The first-order chi connectivity index (χ1) is 12.1. The van der Waals surface area contributed by atoms with Crippen molar-refractivity contribution < 1.29 is 31.2 Å². The fourth-order valence-corrected chi connectivity index (χ4v) is 6.29. The number of sulfone groups is 1. The maximum atomic E-state index is 12.7. The van der Waals surface area contributed by atoms with E-state index < -0.39 is 37.7 Å². The Morgan fingerprint density at radius 2 is 1.85 bits per heavy atom. The number of hydrogen-bond acceptors (Lipinski definition) is 7. The second kappa shape index (κ2) is 6.63. The van der Waals surface area contributed by atoms with Crippen LogP contribution in [0.15, 0.2) is 23.1 Å². The number of anilines is 1. The second-order valence-corrected chi connectivity index (χ2v) is 10.1. The standard InChI is InChI=1S/C15H18N2O7S2/c1-24-12-3-2-11(17-14(18)4-5-15(17)19)8-13(12)26(22,23)16-10-6-7-25(20,21)9-10/h2-3,8,10,16H,4-7,9H2,1H3/t10-/m0/s1. The van der Waals surface area contributed by atoms with Gasteiger partial charge >= 0.3 is 0 Å². The van der Waals surface area contributed by atoms with Crippen LogP contribution in [0.25, 0.3) is 0 Å². The van der Waals surface area contributed by atoms with Crippen molar-refractivity contribution in [1.82, 2.24) is 4.72 Å². The molecule has 2 saturated heterocycles. The third-order valence-electron chi connectivity index (χ3n) is 4.30. The Hall–Kier alpha value is -1.98. The summed E-state index contributed by atoms with van der Waals surface area (Å²) in [7, 11) is -6.08. The SMILES string of the molecule is COc1ccc(N2C(=O)CCC2=O)cc1S(=O)(=O)N[C@H]1CCS(=O)(=O)C1. The normalized spacial score (nSPS) is 22.8. The molecule has 0 bridgehead atoms. The molecule has 1 aromatic carbocycles. The minimum atomic E-state index is -4.11. The number of nitrogens with one attached hydrogen (secondary N) is 1. The molecule has 0 aliphatic carbocycles.